The van der Waals surface area contributed by atoms with E-state index in [9.17, 15) is 8.78 Å². The predicted octanol–water partition coefficient (Wildman–Crippen LogP) is 2.31. The van der Waals surface area contributed by atoms with Crippen LogP contribution in [0.2, 0.25) is 0 Å². The highest BCUT2D eigenvalue weighted by atomic mass is 19.2. The fraction of sp³-hybridized carbons (Fsp3) is 0.167. The summed E-state index contributed by atoms with van der Waals surface area (Å²) < 4.78 is 27.4. The molecule has 1 aromatic carbocycles. The van der Waals surface area contributed by atoms with Crippen molar-refractivity contribution in [2.45, 2.75) is 13.2 Å². The van der Waals surface area contributed by atoms with Gasteiger partial charge in [-0.2, -0.15) is 0 Å². The van der Waals surface area contributed by atoms with Crippen LogP contribution in [0.5, 0.6) is 0 Å². The zero-order valence-corrected chi connectivity index (χ0v) is 8.53. The summed E-state index contributed by atoms with van der Waals surface area (Å²) in [6.07, 6.45) is 3.55. The van der Waals surface area contributed by atoms with E-state index in [0.717, 1.165) is 11.6 Å². The lowest BCUT2D eigenvalue weighted by Gasteiger charge is -2.03. The van der Waals surface area contributed by atoms with Gasteiger partial charge in [0.25, 0.3) is 0 Å². The Morgan fingerprint density at radius 1 is 1.06 bits per heavy atom. The molecule has 2 rings (SSSR count). The number of hydrogen-bond acceptors (Lipinski definition) is 1. The molecular weight excluding hydrogens is 212 g/mol. The lowest BCUT2D eigenvalue weighted by molar-refractivity contribution is 0.282. The third-order valence-electron chi connectivity index (χ3n) is 2.34. The topological polar surface area (TPSA) is 25.2 Å². The van der Waals surface area contributed by atoms with Crippen LogP contribution < -0.4 is 0 Å². The number of hydrogen-bond donors (Lipinski definition) is 1. The molecular formula is C12H11F2NO. The van der Waals surface area contributed by atoms with Crippen LogP contribution in [-0.2, 0) is 13.2 Å². The molecule has 0 radical (unpaired) electrons. The first-order chi connectivity index (χ1) is 7.69. The van der Waals surface area contributed by atoms with E-state index < -0.39 is 11.6 Å². The van der Waals surface area contributed by atoms with Gasteiger partial charge in [-0.15, -0.1) is 0 Å². The van der Waals surface area contributed by atoms with Crippen LogP contribution in [0.4, 0.5) is 8.78 Å². The Kier molecular flexibility index (Phi) is 3.01. The highest BCUT2D eigenvalue weighted by Gasteiger charge is 2.03. The van der Waals surface area contributed by atoms with Crippen molar-refractivity contribution in [1.82, 2.24) is 4.57 Å². The van der Waals surface area contributed by atoms with E-state index in [4.69, 9.17) is 5.11 Å². The number of aromatic nitrogens is 1. The van der Waals surface area contributed by atoms with E-state index in [1.54, 1.807) is 23.0 Å². The van der Waals surface area contributed by atoms with Crippen molar-refractivity contribution in [3.8, 4) is 0 Å². The van der Waals surface area contributed by atoms with E-state index in [-0.39, 0.29) is 6.61 Å². The molecule has 1 N–H and O–H groups in total. The molecule has 0 spiro atoms. The Bertz CT molecular complexity index is 494. The number of aliphatic hydroxyl groups excluding tert-OH is 1. The molecule has 1 heterocycles. The lowest BCUT2D eigenvalue weighted by atomic mass is 10.2. The number of nitrogens with zero attached hydrogens (tertiary/aromatic N) is 1. The van der Waals surface area contributed by atoms with Gasteiger partial charge < -0.3 is 9.67 Å². The quantitative estimate of drug-likeness (QED) is 0.848. The number of halogens is 2. The van der Waals surface area contributed by atoms with E-state index in [0.29, 0.717) is 12.1 Å². The maximum Gasteiger partial charge on any atom is 0.159 e. The maximum absolute atomic E-state index is 12.9. The molecule has 2 nitrogen and oxygen atoms in total. The second-order valence-corrected chi connectivity index (χ2v) is 3.60. The minimum atomic E-state index is -0.841. The number of aliphatic hydroxyl groups is 1. The van der Waals surface area contributed by atoms with Crippen molar-refractivity contribution < 1.29 is 13.9 Å². The molecule has 0 saturated carbocycles. The van der Waals surface area contributed by atoms with Crippen molar-refractivity contribution in [2.24, 2.45) is 0 Å². The molecule has 2 aromatic rings. The molecule has 4 heteroatoms. The first-order valence-electron chi connectivity index (χ1n) is 4.88. The third-order valence-corrected chi connectivity index (χ3v) is 2.34. The maximum atomic E-state index is 12.9. The molecule has 0 fully saturated rings. The second-order valence-electron chi connectivity index (χ2n) is 3.60. The first-order valence-corrected chi connectivity index (χ1v) is 4.88. The zero-order chi connectivity index (χ0) is 11.5. The van der Waals surface area contributed by atoms with Gasteiger partial charge in [0.05, 0.1) is 6.61 Å². The summed E-state index contributed by atoms with van der Waals surface area (Å²) in [5.41, 5.74) is 1.47. The van der Waals surface area contributed by atoms with E-state index in [1.807, 2.05) is 0 Å². The lowest BCUT2D eigenvalue weighted by Crippen LogP contribution is -1.98. The van der Waals surface area contributed by atoms with Crippen LogP contribution in [0.15, 0.2) is 36.7 Å². The Labute approximate surface area is 91.8 Å². The highest BCUT2D eigenvalue weighted by Crippen LogP contribution is 2.11. The van der Waals surface area contributed by atoms with Crippen LogP contribution in [0.3, 0.4) is 0 Å². The van der Waals surface area contributed by atoms with Crippen LogP contribution in [0, 0.1) is 11.6 Å². The summed E-state index contributed by atoms with van der Waals surface area (Å²) in [4.78, 5) is 0. The Morgan fingerprint density at radius 2 is 1.88 bits per heavy atom. The normalized spacial score (nSPS) is 10.7. The van der Waals surface area contributed by atoms with Crippen LogP contribution in [-0.4, -0.2) is 9.67 Å². The molecule has 0 atom stereocenters. The average molecular weight is 223 g/mol. The van der Waals surface area contributed by atoms with Crippen LogP contribution >= 0.6 is 0 Å². The van der Waals surface area contributed by atoms with Gasteiger partial charge in [0.1, 0.15) is 0 Å². The Balaban J connectivity index is 2.17. The summed E-state index contributed by atoms with van der Waals surface area (Å²) in [7, 11) is 0. The number of rotatable bonds is 3. The predicted molar refractivity (Wildman–Crippen MR) is 55.8 cm³/mol. The molecule has 1 aromatic heterocycles. The molecule has 0 unspecified atom stereocenters. The average Bonchev–Trinajstić information content (AvgIpc) is 2.71. The summed E-state index contributed by atoms with van der Waals surface area (Å²) in [5, 5.41) is 8.87. The van der Waals surface area contributed by atoms with Crippen molar-refractivity contribution >= 4 is 0 Å². The van der Waals surface area contributed by atoms with Crippen LogP contribution in [0.1, 0.15) is 11.1 Å². The van der Waals surface area contributed by atoms with E-state index >= 15 is 0 Å². The van der Waals surface area contributed by atoms with Gasteiger partial charge in [-0.05, 0) is 29.3 Å². The molecule has 0 aliphatic heterocycles. The molecule has 0 aliphatic rings. The van der Waals surface area contributed by atoms with Gasteiger partial charge in [-0.1, -0.05) is 6.07 Å². The molecule has 0 saturated heterocycles. The molecule has 84 valence electrons. The van der Waals surface area contributed by atoms with Gasteiger partial charge in [0.2, 0.25) is 0 Å². The molecule has 0 bridgehead atoms. The van der Waals surface area contributed by atoms with Gasteiger partial charge >= 0.3 is 0 Å². The molecule has 0 aliphatic carbocycles. The summed E-state index contributed by atoms with van der Waals surface area (Å²) in [5.74, 6) is -1.68. The number of benzene rings is 1. The first kappa shape index (κ1) is 10.8. The van der Waals surface area contributed by atoms with E-state index in [2.05, 4.69) is 0 Å². The smallest absolute Gasteiger partial charge is 0.159 e. The van der Waals surface area contributed by atoms with E-state index in [1.165, 1.54) is 12.1 Å². The second kappa shape index (κ2) is 4.45. The summed E-state index contributed by atoms with van der Waals surface area (Å²) in [6.45, 7) is 0.433. The molecule has 0 amide bonds. The Morgan fingerprint density at radius 3 is 2.50 bits per heavy atom. The summed E-state index contributed by atoms with van der Waals surface area (Å²) in [6, 6.07) is 5.60. The Hall–Kier alpha value is -1.68. The zero-order valence-electron chi connectivity index (χ0n) is 8.53. The highest BCUT2D eigenvalue weighted by molar-refractivity contribution is 5.19. The largest absolute Gasteiger partial charge is 0.392 e. The third kappa shape index (κ3) is 2.28. The van der Waals surface area contributed by atoms with Crippen molar-refractivity contribution in [1.29, 1.82) is 0 Å². The summed E-state index contributed by atoms with van der Waals surface area (Å²) >= 11 is 0. The van der Waals surface area contributed by atoms with Gasteiger partial charge in [-0.25, -0.2) is 8.78 Å². The van der Waals surface area contributed by atoms with Gasteiger partial charge in [-0.3, -0.25) is 0 Å². The standard InChI is InChI=1S/C12H11F2NO/c13-11-2-1-9(5-12(11)14)6-15-4-3-10(7-15)8-16/h1-5,7,16H,6,8H2. The van der Waals surface area contributed by atoms with Crippen LogP contribution in [0.25, 0.3) is 0 Å². The van der Waals surface area contributed by atoms with Gasteiger partial charge in [0.15, 0.2) is 11.6 Å². The SMILES string of the molecule is OCc1ccn(Cc2ccc(F)c(F)c2)c1. The minimum Gasteiger partial charge on any atom is -0.392 e. The molecule has 16 heavy (non-hydrogen) atoms. The monoisotopic (exact) mass is 223 g/mol. The fourth-order valence-electron chi connectivity index (χ4n) is 1.53. The fourth-order valence-corrected chi connectivity index (χ4v) is 1.53. The van der Waals surface area contributed by atoms with Gasteiger partial charge in [0, 0.05) is 18.9 Å². The minimum absolute atomic E-state index is 0.0230. The van der Waals surface area contributed by atoms with Crippen molar-refractivity contribution in [3.63, 3.8) is 0 Å². The van der Waals surface area contributed by atoms with Crippen molar-refractivity contribution in [2.75, 3.05) is 0 Å². The van der Waals surface area contributed by atoms with Crippen molar-refractivity contribution in [3.05, 3.63) is 59.4 Å².